The summed E-state index contributed by atoms with van der Waals surface area (Å²) in [6, 6.07) is 0. The number of carbonyl (C=O) groups excluding carboxylic acids is 2. The molecule has 0 spiro atoms. The molecule has 264 valence electrons. The van der Waals surface area contributed by atoms with Crippen molar-refractivity contribution in [2.24, 2.45) is 0 Å². The maximum atomic E-state index is 12.3. The molecule has 0 aliphatic rings. The average molecular weight is 667 g/mol. The van der Waals surface area contributed by atoms with Crippen molar-refractivity contribution in [3.8, 4) is 0 Å². The second-order valence-corrected chi connectivity index (χ2v) is 12.7. The van der Waals surface area contributed by atoms with Gasteiger partial charge in [0.05, 0.1) is 6.61 Å². The van der Waals surface area contributed by atoms with E-state index in [0.717, 1.165) is 44.9 Å². The molecule has 0 aromatic heterocycles. The second kappa shape index (κ2) is 32.7. The van der Waals surface area contributed by atoms with Gasteiger partial charge in [-0.25, -0.2) is 4.57 Å². The van der Waals surface area contributed by atoms with Gasteiger partial charge >= 0.3 is 19.8 Å². The van der Waals surface area contributed by atoms with E-state index in [1.807, 2.05) is 12.2 Å². The van der Waals surface area contributed by atoms with Crippen LogP contribution in [0.2, 0.25) is 0 Å². The van der Waals surface area contributed by atoms with Crippen LogP contribution in [0.1, 0.15) is 142 Å². The van der Waals surface area contributed by atoms with Crippen molar-refractivity contribution >= 4 is 19.8 Å². The fraction of sp³-hybridized carbons (Fsp3) is 0.676. The lowest BCUT2D eigenvalue weighted by Crippen LogP contribution is -2.29. The molecule has 46 heavy (non-hydrogen) atoms. The molecule has 8 nitrogen and oxygen atoms in total. The Labute approximate surface area is 279 Å². The van der Waals surface area contributed by atoms with Gasteiger partial charge in [-0.1, -0.05) is 139 Å². The SMILES string of the molecule is CC/C=C/C/C=C/C/C=C/C/C=C/C/C=C/CCCC(=O)O[C@H](COC(=O)CCCCCCCCCCCCC)COP(=O)(O)O. The van der Waals surface area contributed by atoms with Gasteiger partial charge in [0.25, 0.3) is 0 Å². The molecule has 0 saturated heterocycles. The Morgan fingerprint density at radius 2 is 1.04 bits per heavy atom. The fourth-order valence-electron chi connectivity index (χ4n) is 4.47. The second-order valence-electron chi connectivity index (χ2n) is 11.5. The van der Waals surface area contributed by atoms with Crippen LogP contribution in [0.15, 0.2) is 60.8 Å². The lowest BCUT2D eigenvalue weighted by atomic mass is 10.1. The average Bonchev–Trinajstić information content (AvgIpc) is 3.02. The molecule has 2 N–H and O–H groups in total. The lowest BCUT2D eigenvalue weighted by Gasteiger charge is -2.18. The van der Waals surface area contributed by atoms with Crippen molar-refractivity contribution in [2.45, 2.75) is 148 Å². The molecular weight excluding hydrogens is 603 g/mol. The third kappa shape index (κ3) is 34.6. The molecule has 0 aromatic rings. The van der Waals surface area contributed by atoms with Crippen LogP contribution < -0.4 is 0 Å². The summed E-state index contributed by atoms with van der Waals surface area (Å²) in [6.07, 6.45) is 39.5. The number of allylic oxidation sites excluding steroid dienone is 10. The Morgan fingerprint density at radius 3 is 1.54 bits per heavy atom. The normalized spacial score (nSPS) is 13.2. The van der Waals surface area contributed by atoms with E-state index in [9.17, 15) is 14.2 Å². The minimum Gasteiger partial charge on any atom is -0.462 e. The van der Waals surface area contributed by atoms with E-state index in [0.29, 0.717) is 19.3 Å². The van der Waals surface area contributed by atoms with Crippen LogP contribution in [0, 0.1) is 0 Å². The summed E-state index contributed by atoms with van der Waals surface area (Å²) in [5, 5.41) is 0. The van der Waals surface area contributed by atoms with E-state index in [4.69, 9.17) is 19.3 Å². The number of phosphoric acid groups is 1. The van der Waals surface area contributed by atoms with E-state index in [1.165, 1.54) is 51.4 Å². The quantitative estimate of drug-likeness (QED) is 0.0325. The van der Waals surface area contributed by atoms with Crippen LogP contribution in [0.5, 0.6) is 0 Å². The van der Waals surface area contributed by atoms with Gasteiger partial charge < -0.3 is 19.3 Å². The predicted octanol–water partition coefficient (Wildman–Crippen LogP) is 10.2. The number of esters is 2. The molecule has 9 heteroatoms. The topological polar surface area (TPSA) is 119 Å². The van der Waals surface area contributed by atoms with Crippen LogP contribution in [0.25, 0.3) is 0 Å². The van der Waals surface area contributed by atoms with Gasteiger partial charge in [0, 0.05) is 12.8 Å². The third-order valence-corrected chi connectivity index (χ3v) is 7.54. The molecule has 0 bridgehead atoms. The molecule has 0 aliphatic heterocycles. The molecular formula is C37H63O8P. The summed E-state index contributed by atoms with van der Waals surface area (Å²) in [5.41, 5.74) is 0. The van der Waals surface area contributed by atoms with E-state index < -0.39 is 32.5 Å². The Balaban J connectivity index is 4.13. The predicted molar refractivity (Wildman–Crippen MR) is 188 cm³/mol. The van der Waals surface area contributed by atoms with Gasteiger partial charge in [-0.2, -0.15) is 0 Å². The molecule has 0 fully saturated rings. The standard InChI is InChI=1S/C37H63O8P/c1-3-5-7-9-11-13-15-16-17-18-19-20-22-24-26-28-30-32-37(39)45-35(34-44-46(40,41)42)33-43-36(38)31-29-27-25-23-21-14-12-10-8-6-4-2/h5,7,11,13,16-17,19-20,24,26,35H,3-4,6,8-10,12,14-15,18,21-23,25,27-34H2,1-2H3,(H2,40,41,42)/b7-5+,13-11+,17-16+,20-19+,26-24+/t35-/m1/s1. The van der Waals surface area contributed by atoms with Gasteiger partial charge in [0.15, 0.2) is 6.10 Å². The zero-order valence-corrected chi connectivity index (χ0v) is 29.6. The summed E-state index contributed by atoms with van der Waals surface area (Å²) in [4.78, 5) is 42.5. The summed E-state index contributed by atoms with van der Waals surface area (Å²) in [6.45, 7) is 3.49. The van der Waals surface area contributed by atoms with E-state index in [-0.39, 0.29) is 19.4 Å². The van der Waals surface area contributed by atoms with Crippen molar-refractivity contribution < 1.29 is 37.9 Å². The first kappa shape index (κ1) is 43.8. The maximum absolute atomic E-state index is 12.3. The summed E-state index contributed by atoms with van der Waals surface area (Å²) < 4.78 is 26.2. The Kier molecular flexibility index (Phi) is 31.1. The van der Waals surface area contributed by atoms with E-state index in [2.05, 4.69) is 67.0 Å². The highest BCUT2D eigenvalue weighted by Gasteiger charge is 2.22. The minimum atomic E-state index is -4.76. The zero-order valence-electron chi connectivity index (χ0n) is 28.7. The molecule has 0 saturated carbocycles. The van der Waals surface area contributed by atoms with Crippen LogP contribution in [0.3, 0.4) is 0 Å². The molecule has 1 atom stereocenters. The Bertz CT molecular complexity index is 932. The van der Waals surface area contributed by atoms with Crippen molar-refractivity contribution in [2.75, 3.05) is 13.2 Å². The smallest absolute Gasteiger partial charge is 0.462 e. The van der Waals surface area contributed by atoms with Crippen molar-refractivity contribution in [1.29, 1.82) is 0 Å². The summed E-state index contributed by atoms with van der Waals surface area (Å²) in [7, 11) is -4.76. The lowest BCUT2D eigenvalue weighted by molar-refractivity contribution is -0.161. The number of unbranched alkanes of at least 4 members (excludes halogenated alkanes) is 11. The first-order valence-electron chi connectivity index (χ1n) is 17.6. The Morgan fingerprint density at radius 1 is 0.587 bits per heavy atom. The molecule has 0 amide bonds. The van der Waals surface area contributed by atoms with Crippen molar-refractivity contribution in [3.63, 3.8) is 0 Å². The molecule has 0 rings (SSSR count). The van der Waals surface area contributed by atoms with Crippen molar-refractivity contribution in [3.05, 3.63) is 60.8 Å². The fourth-order valence-corrected chi connectivity index (χ4v) is 4.83. The highest BCUT2D eigenvalue weighted by atomic mass is 31.2. The van der Waals surface area contributed by atoms with Crippen LogP contribution in [0.4, 0.5) is 0 Å². The zero-order chi connectivity index (χ0) is 34.0. The van der Waals surface area contributed by atoms with Crippen LogP contribution >= 0.6 is 7.82 Å². The number of rotatable bonds is 31. The minimum absolute atomic E-state index is 0.132. The number of ether oxygens (including phenoxy) is 2. The monoisotopic (exact) mass is 666 g/mol. The largest absolute Gasteiger partial charge is 0.469 e. The summed E-state index contributed by atoms with van der Waals surface area (Å²) >= 11 is 0. The first-order valence-corrected chi connectivity index (χ1v) is 19.1. The molecule has 0 aliphatic carbocycles. The highest BCUT2D eigenvalue weighted by molar-refractivity contribution is 7.46. The van der Waals surface area contributed by atoms with E-state index >= 15 is 0 Å². The molecule has 0 heterocycles. The Hall–Kier alpha value is -2.25. The van der Waals surface area contributed by atoms with Gasteiger partial charge in [0.2, 0.25) is 0 Å². The molecule has 0 unspecified atom stereocenters. The molecule has 0 aromatic carbocycles. The van der Waals surface area contributed by atoms with Gasteiger partial charge in [0.1, 0.15) is 6.61 Å². The number of hydrogen-bond acceptors (Lipinski definition) is 6. The number of carbonyl (C=O) groups is 2. The highest BCUT2D eigenvalue weighted by Crippen LogP contribution is 2.35. The number of phosphoric ester groups is 1. The van der Waals surface area contributed by atoms with Gasteiger partial charge in [-0.05, 0) is 51.4 Å². The first-order chi connectivity index (χ1) is 22.3. The van der Waals surface area contributed by atoms with Crippen LogP contribution in [-0.4, -0.2) is 41.0 Å². The van der Waals surface area contributed by atoms with Gasteiger partial charge in [-0.3, -0.25) is 14.1 Å². The van der Waals surface area contributed by atoms with Crippen LogP contribution in [-0.2, 0) is 28.2 Å². The third-order valence-electron chi connectivity index (χ3n) is 7.05. The summed E-state index contributed by atoms with van der Waals surface area (Å²) in [5.74, 6) is -0.959. The van der Waals surface area contributed by atoms with Crippen molar-refractivity contribution in [1.82, 2.24) is 0 Å². The maximum Gasteiger partial charge on any atom is 0.469 e. The molecule has 0 radical (unpaired) electrons. The van der Waals surface area contributed by atoms with E-state index in [1.54, 1.807) is 0 Å². The number of hydrogen-bond donors (Lipinski definition) is 2. The van der Waals surface area contributed by atoms with Gasteiger partial charge in [-0.15, -0.1) is 0 Å².